The van der Waals surface area contributed by atoms with Crippen LogP contribution in [0, 0.1) is 0 Å². The van der Waals surface area contributed by atoms with Crippen LogP contribution in [0.25, 0.3) is 56.2 Å². The van der Waals surface area contributed by atoms with Gasteiger partial charge >= 0.3 is 0 Å². The Morgan fingerprint density at radius 3 is 2.48 bits per heavy atom. The monoisotopic (exact) mass is 637 g/mol. The Hall–Kier alpha value is -5.39. The molecule has 4 aliphatic rings. The number of ether oxygens (including phenoxy) is 1. The molecule has 3 heterocycles. The Bertz CT molecular complexity index is 2400. The van der Waals surface area contributed by atoms with Crippen molar-refractivity contribution in [3.63, 3.8) is 0 Å². The molecule has 2 atom stereocenters. The first-order valence-electron chi connectivity index (χ1n) is 16.8. The van der Waals surface area contributed by atoms with Crippen molar-refractivity contribution in [2.45, 2.75) is 37.7 Å². The van der Waals surface area contributed by atoms with Crippen LogP contribution < -0.4 is 4.74 Å². The summed E-state index contributed by atoms with van der Waals surface area (Å²) in [5, 5.41) is 1.31. The maximum atomic E-state index is 6.43. The van der Waals surface area contributed by atoms with Crippen LogP contribution >= 0.6 is 11.3 Å². The predicted molar refractivity (Wildman–Crippen MR) is 197 cm³/mol. The Morgan fingerprint density at radius 1 is 0.729 bits per heavy atom. The second-order valence-corrected chi connectivity index (χ2v) is 14.1. The van der Waals surface area contributed by atoms with E-state index in [0.29, 0.717) is 11.6 Å². The van der Waals surface area contributed by atoms with Crippen molar-refractivity contribution in [1.29, 1.82) is 0 Å². The Kier molecular flexibility index (Phi) is 6.41. The highest BCUT2D eigenvalue weighted by Gasteiger charge is 2.38. The molecule has 0 radical (unpaired) electrons. The van der Waals surface area contributed by atoms with Crippen molar-refractivity contribution in [1.82, 2.24) is 15.0 Å². The maximum Gasteiger partial charge on any atom is 0.164 e. The number of hydrogen-bond donors (Lipinski definition) is 0. The molecule has 4 nitrogen and oxygen atoms in total. The normalized spacial score (nSPS) is 18.8. The largest absolute Gasteiger partial charge is 0.485 e. The number of aryl methyl sites for hydroxylation is 2. The van der Waals surface area contributed by atoms with Gasteiger partial charge in [-0.2, -0.15) is 0 Å². The fraction of sp³-hybridized carbons (Fsp3) is 0.140. The summed E-state index contributed by atoms with van der Waals surface area (Å²) in [5.74, 6) is 3.29. The molecular weight excluding hydrogens is 607 g/mol. The summed E-state index contributed by atoms with van der Waals surface area (Å²) in [6, 6.07) is 32.1. The molecule has 4 aromatic carbocycles. The molecular formula is C43H31N3OS. The van der Waals surface area contributed by atoms with E-state index in [-0.39, 0.29) is 12.0 Å². The fourth-order valence-electron chi connectivity index (χ4n) is 7.78. The molecule has 6 aromatic rings. The maximum absolute atomic E-state index is 6.43. The average Bonchev–Trinajstić information content (AvgIpc) is 3.73. The summed E-state index contributed by atoms with van der Waals surface area (Å²) in [5.41, 5.74) is 10.9. The summed E-state index contributed by atoms with van der Waals surface area (Å²) in [4.78, 5) is 17.0. The van der Waals surface area contributed by atoms with Gasteiger partial charge in [0.05, 0.1) is 5.92 Å². The SMILES string of the molecule is C1=CC2Oc3ccccc3C2C(c2cc(-c3nc(C4=Cc5c(sc6ccccc56)CC4)nc(-c4ccccc4)n3)cc3c2C=CCC3)=C1. The zero-order valence-electron chi connectivity index (χ0n) is 26.3. The van der Waals surface area contributed by atoms with Crippen molar-refractivity contribution in [2.75, 3.05) is 0 Å². The van der Waals surface area contributed by atoms with Gasteiger partial charge in [-0.1, -0.05) is 91.0 Å². The lowest BCUT2D eigenvalue weighted by Crippen LogP contribution is -2.20. The van der Waals surface area contributed by atoms with Crippen LogP contribution in [0.15, 0.2) is 115 Å². The van der Waals surface area contributed by atoms with E-state index >= 15 is 0 Å². The molecule has 230 valence electrons. The summed E-state index contributed by atoms with van der Waals surface area (Å²) in [6.07, 6.45) is 17.4. The minimum atomic E-state index is -0.0148. The molecule has 0 spiro atoms. The van der Waals surface area contributed by atoms with Crippen LogP contribution in [-0.2, 0) is 12.8 Å². The number of hydrogen-bond acceptors (Lipinski definition) is 5. The average molecular weight is 638 g/mol. The van der Waals surface area contributed by atoms with Crippen molar-refractivity contribution in [3.8, 4) is 28.5 Å². The van der Waals surface area contributed by atoms with Gasteiger partial charge in [-0.3, -0.25) is 0 Å². The predicted octanol–water partition coefficient (Wildman–Crippen LogP) is 10.4. The third kappa shape index (κ3) is 4.53. The number of thiophene rings is 1. The van der Waals surface area contributed by atoms with Gasteiger partial charge in [-0.25, -0.2) is 15.0 Å². The van der Waals surface area contributed by atoms with E-state index in [9.17, 15) is 0 Å². The van der Waals surface area contributed by atoms with Gasteiger partial charge < -0.3 is 4.74 Å². The number of allylic oxidation sites excluding steroid dienone is 4. The van der Waals surface area contributed by atoms with Crippen molar-refractivity contribution < 1.29 is 4.74 Å². The molecule has 0 bridgehead atoms. The van der Waals surface area contributed by atoms with Gasteiger partial charge in [-0.15, -0.1) is 11.3 Å². The van der Waals surface area contributed by atoms with Gasteiger partial charge in [0.2, 0.25) is 0 Å². The van der Waals surface area contributed by atoms with E-state index in [4.69, 9.17) is 19.7 Å². The third-order valence-corrected chi connectivity index (χ3v) is 11.3. The van der Waals surface area contributed by atoms with E-state index in [1.807, 2.05) is 29.5 Å². The minimum absolute atomic E-state index is 0.0148. The molecule has 2 aromatic heterocycles. The highest BCUT2D eigenvalue weighted by Crippen LogP contribution is 2.49. The molecule has 3 aliphatic carbocycles. The van der Waals surface area contributed by atoms with E-state index < -0.39 is 0 Å². The van der Waals surface area contributed by atoms with Crippen LogP contribution in [0.2, 0.25) is 0 Å². The molecule has 0 fully saturated rings. The Morgan fingerprint density at radius 2 is 1.54 bits per heavy atom. The van der Waals surface area contributed by atoms with E-state index in [2.05, 4.69) is 109 Å². The topological polar surface area (TPSA) is 47.9 Å². The van der Waals surface area contributed by atoms with Gasteiger partial charge in [0.15, 0.2) is 17.5 Å². The highest BCUT2D eigenvalue weighted by molar-refractivity contribution is 7.19. The van der Waals surface area contributed by atoms with Crippen molar-refractivity contribution >= 4 is 44.7 Å². The number of benzene rings is 4. The lowest BCUT2D eigenvalue weighted by atomic mass is 9.77. The summed E-state index contributed by atoms with van der Waals surface area (Å²) < 4.78 is 7.77. The van der Waals surface area contributed by atoms with Crippen LogP contribution in [0.3, 0.4) is 0 Å². The third-order valence-electron chi connectivity index (χ3n) is 10.1. The standard InChI is InChI=1S/C43H31N3OS/c1-2-11-26(12-3-1)41-44-42(28-21-22-39-35(24-28)31-15-7-9-20-38(31)48-39)46-43(45-41)29-23-27-13-4-5-14-30(27)34(25-29)32-17-10-19-37-40(32)33-16-6-8-18-36(33)47-37/h1-3,5-12,14-20,23-25,37,40H,4,13,21-22H2. The number of rotatable bonds is 4. The number of fused-ring (bicyclic) bond motifs is 7. The minimum Gasteiger partial charge on any atom is -0.485 e. The van der Waals surface area contributed by atoms with E-state index in [1.165, 1.54) is 48.4 Å². The van der Waals surface area contributed by atoms with Gasteiger partial charge in [0.25, 0.3) is 0 Å². The lowest BCUT2D eigenvalue weighted by Gasteiger charge is -2.26. The smallest absolute Gasteiger partial charge is 0.164 e. The molecule has 0 amide bonds. The van der Waals surface area contributed by atoms with Crippen molar-refractivity contribution in [2.24, 2.45) is 0 Å². The first-order valence-corrected chi connectivity index (χ1v) is 17.6. The van der Waals surface area contributed by atoms with Gasteiger partial charge in [-0.05, 0) is 101 Å². The fourth-order valence-corrected chi connectivity index (χ4v) is 8.96. The zero-order valence-corrected chi connectivity index (χ0v) is 27.1. The second-order valence-electron chi connectivity index (χ2n) is 12.9. The van der Waals surface area contributed by atoms with E-state index in [1.54, 1.807) is 0 Å². The summed E-state index contributed by atoms with van der Waals surface area (Å²) >= 11 is 1.91. The highest BCUT2D eigenvalue weighted by atomic mass is 32.1. The van der Waals surface area contributed by atoms with Crippen molar-refractivity contribution in [3.05, 3.63) is 154 Å². The second kappa shape index (κ2) is 11.1. The summed E-state index contributed by atoms with van der Waals surface area (Å²) in [7, 11) is 0. The molecule has 10 rings (SSSR count). The van der Waals surface area contributed by atoms with Gasteiger partial charge in [0, 0.05) is 26.3 Å². The summed E-state index contributed by atoms with van der Waals surface area (Å²) in [6.45, 7) is 0. The molecule has 2 unspecified atom stereocenters. The Labute approximate surface area is 283 Å². The van der Waals surface area contributed by atoms with E-state index in [0.717, 1.165) is 54.0 Å². The zero-order chi connectivity index (χ0) is 31.6. The Balaban J connectivity index is 1.15. The van der Waals surface area contributed by atoms with Crippen LogP contribution in [0.5, 0.6) is 5.75 Å². The first-order chi connectivity index (χ1) is 23.8. The molecule has 1 aliphatic heterocycles. The van der Waals surface area contributed by atoms with Crippen LogP contribution in [0.4, 0.5) is 0 Å². The van der Waals surface area contributed by atoms with Gasteiger partial charge in [0.1, 0.15) is 11.9 Å². The quantitative estimate of drug-likeness (QED) is 0.193. The molecule has 48 heavy (non-hydrogen) atoms. The lowest BCUT2D eigenvalue weighted by molar-refractivity contribution is 0.271. The number of aromatic nitrogens is 3. The number of para-hydroxylation sites is 1. The molecule has 0 saturated heterocycles. The molecule has 0 saturated carbocycles. The molecule has 5 heteroatoms. The van der Waals surface area contributed by atoms with Crippen LogP contribution in [0.1, 0.15) is 57.3 Å². The van der Waals surface area contributed by atoms with Crippen LogP contribution in [-0.4, -0.2) is 21.1 Å². The number of nitrogens with zero attached hydrogens (tertiary/aromatic N) is 3. The first kappa shape index (κ1) is 27.7. The molecule has 0 N–H and O–H groups in total.